The van der Waals surface area contributed by atoms with E-state index in [-0.39, 0.29) is 0 Å². The molecule has 0 aromatic carbocycles. The molecule has 0 aliphatic carbocycles. The summed E-state index contributed by atoms with van der Waals surface area (Å²) in [4.78, 5) is 4.20. The third-order valence-electron chi connectivity index (χ3n) is 2.28. The molecular formula is C11H17N5OS. The Labute approximate surface area is 111 Å². The predicted molar refractivity (Wildman–Crippen MR) is 72.4 cm³/mol. The van der Waals surface area contributed by atoms with Crippen LogP contribution in [-0.2, 0) is 6.42 Å². The van der Waals surface area contributed by atoms with Gasteiger partial charge in [0.1, 0.15) is 5.76 Å². The number of nitrogens with zero attached hydrogens (tertiary/aromatic N) is 3. The van der Waals surface area contributed by atoms with Crippen molar-refractivity contribution in [2.45, 2.75) is 13.3 Å². The number of aryl methyl sites for hydroxylation is 2. The van der Waals surface area contributed by atoms with Crippen molar-refractivity contribution in [3.8, 4) is 6.19 Å². The van der Waals surface area contributed by atoms with E-state index in [0.717, 1.165) is 29.3 Å². The molecule has 0 unspecified atom stereocenters. The predicted octanol–water partition coefficient (Wildman–Crippen LogP) is 0.905. The Balaban J connectivity index is 2.12. The van der Waals surface area contributed by atoms with E-state index < -0.39 is 0 Å². The molecule has 0 aliphatic rings. The first kappa shape index (κ1) is 14.4. The molecule has 0 fully saturated rings. The maximum atomic E-state index is 8.44. The van der Waals surface area contributed by atoms with E-state index in [1.807, 2.05) is 24.9 Å². The number of nitrogens with one attached hydrogen (secondary N) is 2. The summed E-state index contributed by atoms with van der Waals surface area (Å²) in [6, 6.07) is 0. The fraction of sp³-hybridized carbons (Fsp3) is 0.545. The van der Waals surface area contributed by atoms with Crippen molar-refractivity contribution < 1.29 is 4.52 Å². The smallest absolute Gasteiger partial charge is 0.204 e. The van der Waals surface area contributed by atoms with Gasteiger partial charge in [-0.3, -0.25) is 10.3 Å². The Bertz CT molecular complexity index is 423. The van der Waals surface area contributed by atoms with Crippen molar-refractivity contribution in [3.05, 3.63) is 17.5 Å². The highest BCUT2D eigenvalue weighted by Gasteiger charge is 2.02. The van der Waals surface area contributed by atoms with Gasteiger partial charge < -0.3 is 9.84 Å². The highest BCUT2D eigenvalue weighted by molar-refractivity contribution is 7.99. The first-order valence-electron chi connectivity index (χ1n) is 5.63. The highest BCUT2D eigenvalue weighted by Crippen LogP contribution is 2.10. The maximum Gasteiger partial charge on any atom is 0.204 e. The van der Waals surface area contributed by atoms with Crippen LogP contribution in [0.3, 0.4) is 0 Å². The third kappa shape index (κ3) is 5.10. The van der Waals surface area contributed by atoms with Gasteiger partial charge in [0.05, 0.1) is 12.7 Å². The zero-order valence-corrected chi connectivity index (χ0v) is 11.4. The van der Waals surface area contributed by atoms with Crippen molar-refractivity contribution in [1.82, 2.24) is 15.8 Å². The van der Waals surface area contributed by atoms with Crippen LogP contribution in [0.25, 0.3) is 0 Å². The molecule has 1 heterocycles. The molecule has 1 aromatic rings. The third-order valence-corrected chi connectivity index (χ3v) is 3.25. The van der Waals surface area contributed by atoms with E-state index >= 15 is 0 Å². The van der Waals surface area contributed by atoms with Crippen molar-refractivity contribution >= 4 is 17.7 Å². The fourth-order valence-electron chi connectivity index (χ4n) is 1.30. The van der Waals surface area contributed by atoms with Gasteiger partial charge in [0.25, 0.3) is 0 Å². The molecule has 98 valence electrons. The van der Waals surface area contributed by atoms with E-state index in [1.54, 1.807) is 13.2 Å². The van der Waals surface area contributed by atoms with Gasteiger partial charge >= 0.3 is 0 Å². The van der Waals surface area contributed by atoms with Crippen molar-refractivity contribution in [2.24, 2.45) is 4.99 Å². The lowest BCUT2D eigenvalue weighted by atomic mass is 10.2. The second kappa shape index (κ2) is 8.42. The number of rotatable bonds is 6. The molecule has 0 spiro atoms. The van der Waals surface area contributed by atoms with E-state index in [2.05, 4.69) is 20.8 Å². The summed E-state index contributed by atoms with van der Waals surface area (Å²) in [6.45, 7) is 2.60. The van der Waals surface area contributed by atoms with E-state index in [0.29, 0.717) is 12.5 Å². The molecule has 0 aliphatic heterocycles. The van der Waals surface area contributed by atoms with Gasteiger partial charge in [0.2, 0.25) is 5.96 Å². The van der Waals surface area contributed by atoms with Crippen LogP contribution >= 0.6 is 11.8 Å². The number of thioether (sulfide) groups is 1. The zero-order valence-electron chi connectivity index (χ0n) is 10.6. The summed E-state index contributed by atoms with van der Waals surface area (Å²) >= 11 is 1.82. The molecule has 1 aromatic heterocycles. The number of guanidine groups is 1. The van der Waals surface area contributed by atoms with Gasteiger partial charge in [-0.2, -0.15) is 17.0 Å². The molecule has 1 rings (SSSR count). The lowest BCUT2D eigenvalue weighted by Gasteiger charge is -2.02. The van der Waals surface area contributed by atoms with E-state index in [1.165, 1.54) is 0 Å². The Morgan fingerprint density at radius 3 is 3.06 bits per heavy atom. The fourth-order valence-corrected chi connectivity index (χ4v) is 2.09. The SMILES string of the molecule is CNC(=NCCSCCc1cnoc1C)NC#N. The van der Waals surface area contributed by atoms with E-state index in [4.69, 9.17) is 9.78 Å². The Morgan fingerprint density at radius 2 is 2.44 bits per heavy atom. The highest BCUT2D eigenvalue weighted by atomic mass is 32.2. The standard InChI is InChI=1S/C11H17N5OS/c1-9-10(7-16-17-9)3-5-18-6-4-14-11(13-2)15-8-12/h7H,3-6H2,1-2H3,(H2,13,14,15). The maximum absolute atomic E-state index is 8.44. The summed E-state index contributed by atoms with van der Waals surface area (Å²) < 4.78 is 4.99. The normalized spacial score (nSPS) is 11.1. The second-order valence-corrected chi connectivity index (χ2v) is 4.71. The molecule has 0 radical (unpaired) electrons. The molecule has 2 N–H and O–H groups in total. The lowest BCUT2D eigenvalue weighted by Crippen LogP contribution is -2.31. The molecule has 0 saturated heterocycles. The minimum absolute atomic E-state index is 0.507. The summed E-state index contributed by atoms with van der Waals surface area (Å²) in [7, 11) is 1.73. The minimum Gasteiger partial charge on any atom is -0.361 e. The van der Waals surface area contributed by atoms with Gasteiger partial charge in [-0.25, -0.2) is 0 Å². The van der Waals surface area contributed by atoms with Gasteiger partial charge in [-0.05, 0) is 19.1 Å². The first-order chi connectivity index (χ1) is 8.77. The average molecular weight is 267 g/mol. The number of hydrogen-bond donors (Lipinski definition) is 2. The quantitative estimate of drug-likeness (QED) is 0.262. The molecule has 7 heteroatoms. The molecule has 18 heavy (non-hydrogen) atoms. The summed E-state index contributed by atoms with van der Waals surface area (Å²) in [6.07, 6.45) is 4.55. The lowest BCUT2D eigenvalue weighted by molar-refractivity contribution is 0.396. The number of hydrogen-bond acceptors (Lipinski definition) is 5. The average Bonchev–Trinajstić information content (AvgIpc) is 2.78. The Morgan fingerprint density at radius 1 is 1.61 bits per heavy atom. The van der Waals surface area contributed by atoms with Crippen LogP contribution in [0.2, 0.25) is 0 Å². The van der Waals surface area contributed by atoms with Gasteiger partial charge in [-0.15, -0.1) is 0 Å². The van der Waals surface area contributed by atoms with Crippen LogP contribution in [-0.4, -0.2) is 36.2 Å². The minimum atomic E-state index is 0.507. The zero-order chi connectivity index (χ0) is 13.2. The summed E-state index contributed by atoms with van der Waals surface area (Å²) in [5.41, 5.74) is 1.16. The van der Waals surface area contributed by atoms with Crippen LogP contribution in [0.15, 0.2) is 15.7 Å². The van der Waals surface area contributed by atoms with Crippen molar-refractivity contribution in [2.75, 3.05) is 25.1 Å². The van der Waals surface area contributed by atoms with E-state index in [9.17, 15) is 0 Å². The molecular weight excluding hydrogens is 250 g/mol. The molecule has 6 nitrogen and oxygen atoms in total. The van der Waals surface area contributed by atoms with Crippen LogP contribution in [0.1, 0.15) is 11.3 Å². The number of aliphatic imine (C=N–C) groups is 1. The van der Waals surface area contributed by atoms with Crippen LogP contribution < -0.4 is 10.6 Å². The Kier molecular flexibility index (Phi) is 6.72. The van der Waals surface area contributed by atoms with Crippen LogP contribution in [0.5, 0.6) is 0 Å². The van der Waals surface area contributed by atoms with Crippen molar-refractivity contribution in [1.29, 1.82) is 5.26 Å². The number of aromatic nitrogens is 1. The van der Waals surface area contributed by atoms with Crippen LogP contribution in [0, 0.1) is 18.4 Å². The number of nitriles is 1. The van der Waals surface area contributed by atoms with Gasteiger partial charge in [-0.1, -0.05) is 5.16 Å². The first-order valence-corrected chi connectivity index (χ1v) is 6.78. The molecule has 0 bridgehead atoms. The van der Waals surface area contributed by atoms with Gasteiger partial charge in [0, 0.05) is 18.4 Å². The summed E-state index contributed by atoms with van der Waals surface area (Å²) in [5.74, 6) is 3.33. The van der Waals surface area contributed by atoms with Gasteiger partial charge in [0.15, 0.2) is 6.19 Å². The van der Waals surface area contributed by atoms with Crippen LogP contribution in [0.4, 0.5) is 0 Å². The molecule has 0 amide bonds. The summed E-state index contributed by atoms with van der Waals surface area (Å²) in [5, 5.41) is 17.5. The largest absolute Gasteiger partial charge is 0.361 e. The topological polar surface area (TPSA) is 86.2 Å². The monoisotopic (exact) mass is 267 g/mol. The van der Waals surface area contributed by atoms with Crippen molar-refractivity contribution in [3.63, 3.8) is 0 Å². The Hall–Kier alpha value is -1.68. The second-order valence-electron chi connectivity index (χ2n) is 3.49. The molecule has 0 atom stereocenters. The molecule has 0 saturated carbocycles.